The molecule has 0 aliphatic carbocycles. The highest BCUT2D eigenvalue weighted by Crippen LogP contribution is 2.09. The largest absolute Gasteiger partial charge is 0.328 e. The molecule has 3 unspecified atom stereocenters. The van der Waals surface area contributed by atoms with Crippen molar-refractivity contribution in [2.75, 3.05) is 7.05 Å². The average Bonchev–Trinajstić information content (AvgIpc) is 2.00. The molecule has 3 atom stereocenters. The first-order valence-electron chi connectivity index (χ1n) is 4.96. The minimum absolute atomic E-state index is 0.312. The predicted octanol–water partition coefficient (Wildman–Crippen LogP) is 1.84. The van der Waals surface area contributed by atoms with Gasteiger partial charge in [-0.1, -0.05) is 6.92 Å². The normalized spacial score (nSPS) is 19.2. The monoisotopic (exact) mass is 172 g/mol. The highest BCUT2D eigenvalue weighted by atomic mass is 15.1. The van der Waals surface area contributed by atoms with Gasteiger partial charge in [0.1, 0.15) is 0 Å². The molecule has 0 aromatic rings. The van der Waals surface area contributed by atoms with Crippen molar-refractivity contribution in [1.82, 2.24) is 4.90 Å². The zero-order valence-corrected chi connectivity index (χ0v) is 9.17. The molecule has 0 aromatic heterocycles. The smallest absolute Gasteiger partial charge is 0.00813 e. The van der Waals surface area contributed by atoms with Crippen LogP contribution in [0.2, 0.25) is 0 Å². The maximum Gasteiger partial charge on any atom is 0.00813 e. The van der Waals surface area contributed by atoms with Crippen molar-refractivity contribution in [1.29, 1.82) is 0 Å². The van der Waals surface area contributed by atoms with Crippen LogP contribution in [0.3, 0.4) is 0 Å². The van der Waals surface area contributed by atoms with Crippen LogP contribution in [0.15, 0.2) is 0 Å². The highest BCUT2D eigenvalue weighted by Gasteiger charge is 2.14. The molecule has 2 nitrogen and oxygen atoms in total. The lowest BCUT2D eigenvalue weighted by Gasteiger charge is -2.31. The van der Waals surface area contributed by atoms with E-state index in [2.05, 4.69) is 39.6 Å². The maximum atomic E-state index is 5.75. The van der Waals surface area contributed by atoms with Crippen molar-refractivity contribution < 1.29 is 0 Å². The predicted molar refractivity (Wildman–Crippen MR) is 55.2 cm³/mol. The third kappa shape index (κ3) is 4.07. The molecule has 0 aromatic carbocycles. The summed E-state index contributed by atoms with van der Waals surface area (Å²) in [6, 6.07) is 1.57. The van der Waals surface area contributed by atoms with E-state index < -0.39 is 0 Å². The number of nitrogens with zero attached hydrogens (tertiary/aromatic N) is 1. The van der Waals surface area contributed by atoms with Gasteiger partial charge in [-0.05, 0) is 40.7 Å². The molecule has 0 heterocycles. The summed E-state index contributed by atoms with van der Waals surface area (Å²) in [6.07, 6.45) is 2.29. The van der Waals surface area contributed by atoms with Crippen molar-refractivity contribution in [3.05, 3.63) is 0 Å². The second-order valence-corrected chi connectivity index (χ2v) is 3.98. The van der Waals surface area contributed by atoms with E-state index in [-0.39, 0.29) is 0 Å². The summed E-state index contributed by atoms with van der Waals surface area (Å²) < 4.78 is 0. The van der Waals surface area contributed by atoms with E-state index in [0.29, 0.717) is 18.1 Å². The second-order valence-electron chi connectivity index (χ2n) is 3.98. The standard InChI is InChI=1S/C10H24N2/c1-6-9(3)12(5)10(4)7-8(2)11/h8-10H,6-7,11H2,1-5H3. The Balaban J connectivity index is 3.83. The second kappa shape index (κ2) is 5.55. The van der Waals surface area contributed by atoms with Gasteiger partial charge in [0, 0.05) is 18.1 Å². The lowest BCUT2D eigenvalue weighted by molar-refractivity contribution is 0.178. The quantitative estimate of drug-likeness (QED) is 0.685. The van der Waals surface area contributed by atoms with Crippen molar-refractivity contribution in [2.45, 2.75) is 58.7 Å². The zero-order valence-electron chi connectivity index (χ0n) is 9.17. The van der Waals surface area contributed by atoms with E-state index in [4.69, 9.17) is 5.73 Å². The minimum Gasteiger partial charge on any atom is -0.328 e. The van der Waals surface area contributed by atoms with E-state index in [9.17, 15) is 0 Å². The first-order valence-corrected chi connectivity index (χ1v) is 4.96. The highest BCUT2D eigenvalue weighted by molar-refractivity contribution is 4.72. The molecule has 0 spiro atoms. The van der Waals surface area contributed by atoms with Crippen LogP contribution < -0.4 is 5.73 Å². The van der Waals surface area contributed by atoms with Gasteiger partial charge >= 0.3 is 0 Å². The van der Waals surface area contributed by atoms with Crippen LogP contribution in [0, 0.1) is 0 Å². The summed E-state index contributed by atoms with van der Waals surface area (Å²) in [5, 5.41) is 0. The molecule has 0 radical (unpaired) electrons. The van der Waals surface area contributed by atoms with Crippen molar-refractivity contribution in [3.8, 4) is 0 Å². The molecular weight excluding hydrogens is 148 g/mol. The molecule has 74 valence electrons. The van der Waals surface area contributed by atoms with Gasteiger partial charge in [-0.15, -0.1) is 0 Å². The van der Waals surface area contributed by atoms with E-state index in [1.54, 1.807) is 0 Å². The minimum atomic E-state index is 0.312. The summed E-state index contributed by atoms with van der Waals surface area (Å²) in [5.74, 6) is 0. The van der Waals surface area contributed by atoms with Crippen LogP contribution in [-0.4, -0.2) is 30.1 Å². The fourth-order valence-electron chi connectivity index (χ4n) is 1.43. The Kier molecular flexibility index (Phi) is 5.51. The van der Waals surface area contributed by atoms with E-state index in [1.807, 2.05) is 0 Å². The van der Waals surface area contributed by atoms with Crippen LogP contribution in [0.4, 0.5) is 0 Å². The van der Waals surface area contributed by atoms with Crippen LogP contribution >= 0.6 is 0 Å². The lowest BCUT2D eigenvalue weighted by atomic mass is 10.1. The molecule has 0 rings (SSSR count). The first kappa shape index (κ1) is 11.9. The maximum absolute atomic E-state index is 5.75. The van der Waals surface area contributed by atoms with Crippen LogP contribution in [0.5, 0.6) is 0 Å². The van der Waals surface area contributed by atoms with Crippen LogP contribution in [0.1, 0.15) is 40.5 Å². The number of hydrogen-bond donors (Lipinski definition) is 1. The van der Waals surface area contributed by atoms with Crippen molar-refractivity contribution >= 4 is 0 Å². The van der Waals surface area contributed by atoms with Gasteiger partial charge in [-0.2, -0.15) is 0 Å². The van der Waals surface area contributed by atoms with Gasteiger partial charge in [0.05, 0.1) is 0 Å². The molecule has 0 saturated heterocycles. The van der Waals surface area contributed by atoms with Gasteiger partial charge in [-0.25, -0.2) is 0 Å². The van der Waals surface area contributed by atoms with Gasteiger partial charge in [0.15, 0.2) is 0 Å². The molecule has 0 fully saturated rings. The van der Waals surface area contributed by atoms with E-state index >= 15 is 0 Å². The summed E-state index contributed by atoms with van der Waals surface area (Å²) in [7, 11) is 2.18. The molecule has 0 aliphatic heterocycles. The molecular formula is C10H24N2. The number of hydrogen-bond acceptors (Lipinski definition) is 2. The molecule has 12 heavy (non-hydrogen) atoms. The zero-order chi connectivity index (χ0) is 9.72. The Labute approximate surface area is 77.1 Å². The Bertz CT molecular complexity index is 112. The summed E-state index contributed by atoms with van der Waals surface area (Å²) in [6.45, 7) is 8.80. The van der Waals surface area contributed by atoms with Crippen molar-refractivity contribution in [3.63, 3.8) is 0 Å². The number of rotatable bonds is 5. The van der Waals surface area contributed by atoms with Crippen LogP contribution in [0.25, 0.3) is 0 Å². The molecule has 2 heteroatoms. The first-order chi connectivity index (χ1) is 5.49. The van der Waals surface area contributed by atoms with Gasteiger partial charge < -0.3 is 10.6 Å². The van der Waals surface area contributed by atoms with Gasteiger partial charge in [-0.3, -0.25) is 0 Å². The Morgan fingerprint density at radius 3 is 2.00 bits per heavy atom. The summed E-state index contributed by atoms with van der Waals surface area (Å²) >= 11 is 0. The summed E-state index contributed by atoms with van der Waals surface area (Å²) in [4.78, 5) is 2.41. The fourth-order valence-corrected chi connectivity index (χ4v) is 1.43. The third-order valence-electron chi connectivity index (χ3n) is 2.69. The third-order valence-corrected chi connectivity index (χ3v) is 2.69. The van der Waals surface area contributed by atoms with Crippen molar-refractivity contribution in [2.24, 2.45) is 5.73 Å². The van der Waals surface area contributed by atoms with E-state index in [1.165, 1.54) is 6.42 Å². The number of nitrogens with two attached hydrogens (primary N) is 1. The van der Waals surface area contributed by atoms with Gasteiger partial charge in [0.2, 0.25) is 0 Å². The lowest BCUT2D eigenvalue weighted by Crippen LogP contribution is -2.39. The fraction of sp³-hybridized carbons (Fsp3) is 1.00. The molecule has 0 amide bonds. The topological polar surface area (TPSA) is 29.3 Å². The molecule has 0 bridgehead atoms. The van der Waals surface area contributed by atoms with Gasteiger partial charge in [0.25, 0.3) is 0 Å². The van der Waals surface area contributed by atoms with E-state index in [0.717, 1.165) is 6.42 Å². The Morgan fingerprint density at radius 2 is 1.67 bits per heavy atom. The SMILES string of the molecule is CCC(C)N(C)C(C)CC(C)N. The Morgan fingerprint density at radius 1 is 1.17 bits per heavy atom. The van der Waals surface area contributed by atoms with Crippen LogP contribution in [-0.2, 0) is 0 Å². The molecule has 0 aliphatic rings. The average molecular weight is 172 g/mol. The molecule has 2 N–H and O–H groups in total. The molecule has 0 saturated carbocycles. The summed E-state index contributed by atoms with van der Waals surface area (Å²) in [5.41, 5.74) is 5.75. The Hall–Kier alpha value is -0.0800.